The molecule has 2 aliphatic rings. The van der Waals surface area contributed by atoms with Crippen molar-refractivity contribution in [3.05, 3.63) is 63.7 Å². The van der Waals surface area contributed by atoms with Crippen molar-refractivity contribution < 1.29 is 9.72 Å². The van der Waals surface area contributed by atoms with E-state index in [9.17, 15) is 14.9 Å². The Balaban J connectivity index is 1.86. The summed E-state index contributed by atoms with van der Waals surface area (Å²) in [5.41, 5.74) is 3.99. The number of nitro benzene ring substituents is 1. The number of hydrogen-bond donors (Lipinski definition) is 0. The molecule has 0 bridgehead atoms. The quantitative estimate of drug-likeness (QED) is 0.481. The number of para-hydroxylation sites is 1. The minimum Gasteiger partial charge on any atom is -0.371 e. The summed E-state index contributed by atoms with van der Waals surface area (Å²) < 4.78 is 0. The Morgan fingerprint density at radius 2 is 1.81 bits per heavy atom. The van der Waals surface area contributed by atoms with Gasteiger partial charge in [0, 0.05) is 54.7 Å². The molecule has 1 saturated heterocycles. The van der Waals surface area contributed by atoms with Gasteiger partial charge in [-0.05, 0) is 31.1 Å². The van der Waals surface area contributed by atoms with Crippen LogP contribution < -0.4 is 9.80 Å². The molecule has 2 heterocycles. The second-order valence-electron chi connectivity index (χ2n) is 6.63. The van der Waals surface area contributed by atoms with Gasteiger partial charge in [0.15, 0.2) is 0 Å². The Labute approximate surface area is 151 Å². The van der Waals surface area contributed by atoms with Crippen LogP contribution in [0.5, 0.6) is 0 Å². The molecule has 0 saturated carbocycles. The molecule has 2 aromatic rings. The SMILES string of the molecule is CN1C(=O)C(=Cc2cc([N+](=O)[O-])ccc2N2CCCC2)c2ccccc21. The first-order chi connectivity index (χ1) is 12.6. The van der Waals surface area contributed by atoms with Crippen LogP contribution in [0.1, 0.15) is 24.0 Å². The van der Waals surface area contributed by atoms with E-state index in [0.717, 1.165) is 48.4 Å². The minimum atomic E-state index is -0.397. The van der Waals surface area contributed by atoms with Crippen molar-refractivity contribution in [3.8, 4) is 0 Å². The predicted molar refractivity (Wildman–Crippen MR) is 102 cm³/mol. The van der Waals surface area contributed by atoms with Crippen molar-refractivity contribution in [2.45, 2.75) is 12.8 Å². The number of anilines is 2. The van der Waals surface area contributed by atoms with Gasteiger partial charge in [0.05, 0.1) is 10.6 Å². The third kappa shape index (κ3) is 2.63. The lowest BCUT2D eigenvalue weighted by Gasteiger charge is -2.20. The minimum absolute atomic E-state index is 0.0342. The van der Waals surface area contributed by atoms with Crippen molar-refractivity contribution in [1.82, 2.24) is 0 Å². The van der Waals surface area contributed by atoms with E-state index in [4.69, 9.17) is 0 Å². The van der Waals surface area contributed by atoms with Gasteiger partial charge in [0.1, 0.15) is 0 Å². The molecule has 0 aliphatic carbocycles. The standard InChI is InChI=1S/C20H19N3O3/c1-21-19-7-3-2-6-16(19)17(20(21)24)13-14-12-15(23(25)26)8-9-18(14)22-10-4-5-11-22/h2-3,6-9,12-13H,4-5,10-11H2,1H3. The number of rotatable bonds is 3. The fraction of sp³-hybridized carbons (Fsp3) is 0.250. The topological polar surface area (TPSA) is 66.7 Å². The van der Waals surface area contributed by atoms with Gasteiger partial charge in [-0.3, -0.25) is 14.9 Å². The molecule has 1 amide bonds. The van der Waals surface area contributed by atoms with Gasteiger partial charge < -0.3 is 9.80 Å². The first kappa shape index (κ1) is 16.3. The summed E-state index contributed by atoms with van der Waals surface area (Å²) in [6.07, 6.45) is 4.01. The average molecular weight is 349 g/mol. The molecule has 0 N–H and O–H groups in total. The number of hydrogen-bond acceptors (Lipinski definition) is 4. The van der Waals surface area contributed by atoms with Crippen LogP contribution in [0.2, 0.25) is 0 Å². The van der Waals surface area contributed by atoms with Crippen molar-refractivity contribution in [3.63, 3.8) is 0 Å². The Morgan fingerprint density at radius 3 is 2.54 bits per heavy atom. The Hall–Kier alpha value is -3.15. The number of nitro groups is 1. The van der Waals surface area contributed by atoms with Crippen LogP contribution in [0, 0.1) is 10.1 Å². The molecule has 132 valence electrons. The number of nitrogens with zero attached hydrogens (tertiary/aromatic N) is 3. The number of fused-ring (bicyclic) bond motifs is 1. The summed E-state index contributed by atoms with van der Waals surface area (Å²) in [6, 6.07) is 12.5. The highest BCUT2D eigenvalue weighted by Crippen LogP contribution is 2.38. The van der Waals surface area contributed by atoms with Crippen LogP contribution in [0.3, 0.4) is 0 Å². The van der Waals surface area contributed by atoms with E-state index >= 15 is 0 Å². The highest BCUT2D eigenvalue weighted by molar-refractivity contribution is 6.35. The Morgan fingerprint density at radius 1 is 1.08 bits per heavy atom. The second kappa shape index (κ2) is 6.29. The molecule has 6 nitrogen and oxygen atoms in total. The van der Waals surface area contributed by atoms with E-state index in [1.807, 2.05) is 24.3 Å². The monoisotopic (exact) mass is 349 g/mol. The molecule has 0 radical (unpaired) electrons. The van der Waals surface area contributed by atoms with E-state index in [2.05, 4.69) is 4.90 Å². The smallest absolute Gasteiger partial charge is 0.270 e. The molecule has 1 fully saturated rings. The largest absolute Gasteiger partial charge is 0.371 e. The molecule has 2 aromatic carbocycles. The number of benzene rings is 2. The highest BCUT2D eigenvalue weighted by atomic mass is 16.6. The molecule has 6 heteroatoms. The van der Waals surface area contributed by atoms with Crippen molar-refractivity contribution in [2.75, 3.05) is 29.9 Å². The van der Waals surface area contributed by atoms with E-state index in [-0.39, 0.29) is 11.6 Å². The number of carbonyl (C=O) groups excluding carboxylic acids is 1. The molecule has 26 heavy (non-hydrogen) atoms. The molecule has 4 rings (SSSR count). The maximum atomic E-state index is 12.7. The highest BCUT2D eigenvalue weighted by Gasteiger charge is 2.30. The molecular weight excluding hydrogens is 330 g/mol. The fourth-order valence-corrected chi connectivity index (χ4v) is 3.71. The van der Waals surface area contributed by atoms with Gasteiger partial charge in [-0.25, -0.2) is 0 Å². The third-order valence-electron chi connectivity index (χ3n) is 5.06. The predicted octanol–water partition coefficient (Wildman–Crippen LogP) is 3.71. The van der Waals surface area contributed by atoms with Gasteiger partial charge in [0.2, 0.25) is 0 Å². The lowest BCUT2D eigenvalue weighted by atomic mass is 10.0. The number of non-ortho nitro benzene ring substituents is 1. The average Bonchev–Trinajstić information content (AvgIpc) is 3.26. The molecule has 0 spiro atoms. The molecular formula is C20H19N3O3. The Kier molecular flexibility index (Phi) is 3.95. The van der Waals surface area contributed by atoms with E-state index in [0.29, 0.717) is 5.57 Å². The van der Waals surface area contributed by atoms with Gasteiger partial charge in [-0.15, -0.1) is 0 Å². The zero-order chi connectivity index (χ0) is 18.3. The summed E-state index contributed by atoms with van der Waals surface area (Å²) in [5, 5.41) is 11.2. The lowest BCUT2D eigenvalue weighted by molar-refractivity contribution is -0.384. The van der Waals surface area contributed by atoms with E-state index < -0.39 is 4.92 Å². The summed E-state index contributed by atoms with van der Waals surface area (Å²) in [6.45, 7) is 1.86. The van der Waals surface area contributed by atoms with Crippen LogP contribution in [-0.4, -0.2) is 31.0 Å². The molecule has 2 aliphatic heterocycles. The van der Waals surface area contributed by atoms with Crippen molar-refractivity contribution in [2.24, 2.45) is 0 Å². The van der Waals surface area contributed by atoms with Crippen LogP contribution in [-0.2, 0) is 4.79 Å². The first-order valence-corrected chi connectivity index (χ1v) is 8.69. The second-order valence-corrected chi connectivity index (χ2v) is 6.63. The molecule has 0 unspecified atom stereocenters. The fourth-order valence-electron chi connectivity index (χ4n) is 3.71. The molecule has 0 atom stereocenters. The zero-order valence-corrected chi connectivity index (χ0v) is 14.5. The van der Waals surface area contributed by atoms with Crippen LogP contribution >= 0.6 is 0 Å². The number of amides is 1. The normalized spacial score (nSPS) is 17.9. The van der Waals surface area contributed by atoms with Crippen molar-refractivity contribution in [1.29, 1.82) is 0 Å². The molecule has 0 aromatic heterocycles. The lowest BCUT2D eigenvalue weighted by Crippen LogP contribution is -2.20. The van der Waals surface area contributed by atoms with Crippen LogP contribution in [0.25, 0.3) is 11.6 Å². The van der Waals surface area contributed by atoms with Gasteiger partial charge in [0.25, 0.3) is 11.6 Å². The summed E-state index contributed by atoms with van der Waals surface area (Å²) >= 11 is 0. The van der Waals surface area contributed by atoms with Crippen LogP contribution in [0.4, 0.5) is 17.1 Å². The maximum absolute atomic E-state index is 12.7. The van der Waals surface area contributed by atoms with Gasteiger partial charge in [-0.2, -0.15) is 0 Å². The van der Waals surface area contributed by atoms with Gasteiger partial charge in [-0.1, -0.05) is 18.2 Å². The maximum Gasteiger partial charge on any atom is 0.270 e. The zero-order valence-electron chi connectivity index (χ0n) is 14.5. The number of likely N-dealkylation sites (N-methyl/N-ethyl adjacent to an activating group) is 1. The van der Waals surface area contributed by atoms with Crippen molar-refractivity contribution >= 4 is 34.6 Å². The van der Waals surface area contributed by atoms with Gasteiger partial charge >= 0.3 is 0 Å². The number of carbonyl (C=O) groups is 1. The summed E-state index contributed by atoms with van der Waals surface area (Å²) in [7, 11) is 1.75. The Bertz CT molecular complexity index is 930. The third-order valence-corrected chi connectivity index (χ3v) is 5.06. The summed E-state index contributed by atoms with van der Waals surface area (Å²) in [4.78, 5) is 27.4. The van der Waals surface area contributed by atoms with E-state index in [1.165, 1.54) is 6.07 Å². The first-order valence-electron chi connectivity index (χ1n) is 8.69. The van der Waals surface area contributed by atoms with E-state index in [1.54, 1.807) is 30.2 Å². The summed E-state index contributed by atoms with van der Waals surface area (Å²) in [5.74, 6) is -0.0925. The van der Waals surface area contributed by atoms with Crippen LogP contribution in [0.15, 0.2) is 42.5 Å².